The summed E-state index contributed by atoms with van der Waals surface area (Å²) in [5.41, 5.74) is 0.122. The SMILES string of the molecule is O=C(NCc1cccc(Cl)c1)[C@@H]1CC(=O)N(c2cccc(C(F)(F)F)c2)C1. The van der Waals surface area contributed by atoms with Crippen LogP contribution in [0.3, 0.4) is 0 Å². The summed E-state index contributed by atoms with van der Waals surface area (Å²) >= 11 is 5.89. The van der Waals surface area contributed by atoms with Crippen LogP contribution in [0.1, 0.15) is 17.5 Å². The average molecular weight is 397 g/mol. The molecule has 0 aliphatic carbocycles. The van der Waals surface area contributed by atoms with Gasteiger partial charge in [0.25, 0.3) is 0 Å². The summed E-state index contributed by atoms with van der Waals surface area (Å²) in [6.07, 6.45) is -4.54. The van der Waals surface area contributed by atoms with Crippen molar-refractivity contribution in [2.24, 2.45) is 5.92 Å². The Hall–Kier alpha value is -2.54. The van der Waals surface area contributed by atoms with Gasteiger partial charge in [0.05, 0.1) is 11.5 Å². The zero-order valence-electron chi connectivity index (χ0n) is 14.1. The normalized spacial score (nSPS) is 17.3. The Bertz CT molecular complexity index is 870. The lowest BCUT2D eigenvalue weighted by molar-refractivity contribution is -0.137. The molecule has 2 aromatic rings. The number of rotatable bonds is 4. The van der Waals surface area contributed by atoms with E-state index in [-0.39, 0.29) is 37.0 Å². The van der Waals surface area contributed by atoms with E-state index in [0.29, 0.717) is 5.02 Å². The number of nitrogens with one attached hydrogen (secondary N) is 1. The van der Waals surface area contributed by atoms with Gasteiger partial charge in [0.1, 0.15) is 0 Å². The van der Waals surface area contributed by atoms with E-state index >= 15 is 0 Å². The van der Waals surface area contributed by atoms with Gasteiger partial charge in [-0.15, -0.1) is 0 Å². The molecule has 8 heteroatoms. The molecule has 0 spiro atoms. The van der Waals surface area contributed by atoms with Gasteiger partial charge in [0, 0.05) is 30.2 Å². The Morgan fingerprint density at radius 3 is 2.63 bits per heavy atom. The molecular weight excluding hydrogens is 381 g/mol. The van der Waals surface area contributed by atoms with Gasteiger partial charge < -0.3 is 10.2 Å². The first-order chi connectivity index (χ1) is 12.7. The summed E-state index contributed by atoms with van der Waals surface area (Å²) in [5, 5.41) is 3.29. The predicted octanol–water partition coefficient (Wildman–Crippen LogP) is 4.03. The number of amides is 2. The summed E-state index contributed by atoms with van der Waals surface area (Å²) in [4.78, 5) is 25.8. The molecule has 142 valence electrons. The summed E-state index contributed by atoms with van der Waals surface area (Å²) in [7, 11) is 0. The second-order valence-electron chi connectivity index (χ2n) is 6.30. The van der Waals surface area contributed by atoms with Gasteiger partial charge in [0.15, 0.2) is 0 Å². The van der Waals surface area contributed by atoms with Crippen LogP contribution in [0.5, 0.6) is 0 Å². The summed E-state index contributed by atoms with van der Waals surface area (Å²) in [6.45, 7) is 0.301. The van der Waals surface area contributed by atoms with E-state index in [1.54, 1.807) is 24.3 Å². The smallest absolute Gasteiger partial charge is 0.352 e. The lowest BCUT2D eigenvalue weighted by Gasteiger charge is -2.18. The van der Waals surface area contributed by atoms with Crippen LogP contribution in [0.15, 0.2) is 48.5 Å². The van der Waals surface area contributed by atoms with Gasteiger partial charge >= 0.3 is 6.18 Å². The lowest BCUT2D eigenvalue weighted by atomic mass is 10.1. The minimum absolute atomic E-state index is 0.0432. The highest BCUT2D eigenvalue weighted by Crippen LogP contribution is 2.33. The Morgan fingerprint density at radius 1 is 1.19 bits per heavy atom. The highest BCUT2D eigenvalue weighted by molar-refractivity contribution is 6.30. The zero-order valence-corrected chi connectivity index (χ0v) is 14.8. The van der Waals surface area contributed by atoms with Crippen molar-refractivity contribution >= 4 is 29.1 Å². The molecule has 0 radical (unpaired) electrons. The van der Waals surface area contributed by atoms with E-state index in [1.807, 2.05) is 0 Å². The molecule has 1 heterocycles. The van der Waals surface area contributed by atoms with Crippen LogP contribution in [0.2, 0.25) is 5.02 Å². The van der Waals surface area contributed by atoms with Crippen molar-refractivity contribution in [2.45, 2.75) is 19.1 Å². The van der Waals surface area contributed by atoms with Crippen molar-refractivity contribution in [2.75, 3.05) is 11.4 Å². The van der Waals surface area contributed by atoms with E-state index in [9.17, 15) is 22.8 Å². The first kappa shape index (κ1) is 19.2. The molecule has 0 bridgehead atoms. The largest absolute Gasteiger partial charge is 0.416 e. The number of halogens is 4. The molecule has 1 N–H and O–H groups in total. The molecule has 1 fully saturated rings. The van der Waals surface area contributed by atoms with Crippen LogP contribution >= 0.6 is 11.6 Å². The van der Waals surface area contributed by atoms with Gasteiger partial charge in [-0.3, -0.25) is 9.59 Å². The van der Waals surface area contributed by atoms with Crippen LogP contribution in [-0.4, -0.2) is 18.4 Å². The molecule has 0 saturated carbocycles. The monoisotopic (exact) mass is 396 g/mol. The van der Waals surface area contributed by atoms with Crippen LogP contribution in [-0.2, 0) is 22.3 Å². The second kappa shape index (κ2) is 7.60. The van der Waals surface area contributed by atoms with Crippen molar-refractivity contribution < 1.29 is 22.8 Å². The molecule has 1 atom stereocenters. The third kappa shape index (κ3) is 4.60. The minimum Gasteiger partial charge on any atom is -0.352 e. The van der Waals surface area contributed by atoms with Crippen molar-refractivity contribution in [1.29, 1.82) is 0 Å². The summed E-state index contributed by atoms with van der Waals surface area (Å²) in [6, 6.07) is 11.5. The molecule has 1 aliphatic heterocycles. The third-order valence-corrected chi connectivity index (χ3v) is 4.57. The zero-order chi connectivity index (χ0) is 19.6. The standard InChI is InChI=1S/C19H16ClF3N2O2/c20-15-5-1-3-12(7-15)10-24-18(27)13-8-17(26)25(11-13)16-6-2-4-14(9-16)19(21,22)23/h1-7,9,13H,8,10-11H2,(H,24,27)/t13-/m1/s1. The first-order valence-corrected chi connectivity index (χ1v) is 8.61. The number of nitrogens with zero attached hydrogens (tertiary/aromatic N) is 1. The van der Waals surface area contributed by atoms with Crippen LogP contribution in [0, 0.1) is 5.92 Å². The fraction of sp³-hybridized carbons (Fsp3) is 0.263. The first-order valence-electron chi connectivity index (χ1n) is 8.24. The highest BCUT2D eigenvalue weighted by atomic mass is 35.5. The molecule has 4 nitrogen and oxygen atoms in total. The quantitative estimate of drug-likeness (QED) is 0.848. The van der Waals surface area contributed by atoms with Crippen molar-refractivity contribution in [3.8, 4) is 0 Å². The van der Waals surface area contributed by atoms with Gasteiger partial charge in [-0.05, 0) is 35.9 Å². The van der Waals surface area contributed by atoms with Gasteiger partial charge in [-0.1, -0.05) is 29.8 Å². The fourth-order valence-corrected chi connectivity index (χ4v) is 3.18. The molecule has 3 rings (SSSR count). The third-order valence-electron chi connectivity index (χ3n) is 4.34. The van der Waals surface area contributed by atoms with Gasteiger partial charge in [0.2, 0.25) is 11.8 Å². The van der Waals surface area contributed by atoms with E-state index in [2.05, 4.69) is 5.32 Å². The number of alkyl halides is 3. The molecule has 2 amide bonds. The van der Waals surface area contributed by atoms with E-state index in [0.717, 1.165) is 17.7 Å². The minimum atomic E-state index is -4.49. The molecule has 0 aromatic heterocycles. The van der Waals surface area contributed by atoms with E-state index in [4.69, 9.17) is 11.6 Å². The summed E-state index contributed by atoms with van der Waals surface area (Å²) < 4.78 is 38.6. The molecule has 1 aliphatic rings. The molecule has 0 unspecified atom stereocenters. The van der Waals surface area contributed by atoms with Gasteiger partial charge in [-0.2, -0.15) is 13.2 Å². The predicted molar refractivity (Wildman–Crippen MR) is 95.2 cm³/mol. The van der Waals surface area contributed by atoms with Crippen molar-refractivity contribution in [1.82, 2.24) is 5.32 Å². The van der Waals surface area contributed by atoms with Crippen molar-refractivity contribution in [3.05, 3.63) is 64.7 Å². The molecule has 1 saturated heterocycles. The molecular formula is C19H16ClF3N2O2. The lowest BCUT2D eigenvalue weighted by Crippen LogP contribution is -2.32. The topological polar surface area (TPSA) is 49.4 Å². The average Bonchev–Trinajstić information content (AvgIpc) is 3.01. The van der Waals surface area contributed by atoms with E-state index < -0.39 is 17.7 Å². The number of carbonyl (C=O) groups excluding carboxylic acids is 2. The maximum absolute atomic E-state index is 12.9. The van der Waals surface area contributed by atoms with Crippen LogP contribution < -0.4 is 10.2 Å². The Kier molecular flexibility index (Phi) is 5.41. The number of hydrogen-bond acceptors (Lipinski definition) is 2. The van der Waals surface area contributed by atoms with E-state index in [1.165, 1.54) is 17.0 Å². The number of anilines is 1. The number of benzene rings is 2. The molecule has 27 heavy (non-hydrogen) atoms. The maximum Gasteiger partial charge on any atom is 0.416 e. The Morgan fingerprint density at radius 2 is 1.93 bits per heavy atom. The van der Waals surface area contributed by atoms with Crippen LogP contribution in [0.25, 0.3) is 0 Å². The van der Waals surface area contributed by atoms with Crippen molar-refractivity contribution in [3.63, 3.8) is 0 Å². The fourth-order valence-electron chi connectivity index (χ4n) is 2.96. The number of hydrogen-bond donors (Lipinski definition) is 1. The maximum atomic E-state index is 12.9. The highest BCUT2D eigenvalue weighted by Gasteiger charge is 2.36. The number of carbonyl (C=O) groups is 2. The Labute approximate surface area is 158 Å². The van der Waals surface area contributed by atoms with Crippen LogP contribution in [0.4, 0.5) is 18.9 Å². The van der Waals surface area contributed by atoms with Gasteiger partial charge in [-0.25, -0.2) is 0 Å². The summed E-state index contributed by atoms with van der Waals surface area (Å²) in [5.74, 6) is -1.32. The Balaban J connectivity index is 1.65. The molecule has 2 aromatic carbocycles. The second-order valence-corrected chi connectivity index (χ2v) is 6.74.